The van der Waals surface area contributed by atoms with Gasteiger partial charge in [0.15, 0.2) is 0 Å². The molecule has 0 spiro atoms. The van der Waals surface area contributed by atoms with Crippen molar-refractivity contribution >= 4 is 24.5 Å². The van der Waals surface area contributed by atoms with Crippen LogP contribution in [0.1, 0.15) is 41.0 Å². The van der Waals surface area contributed by atoms with Gasteiger partial charge in [-0.25, -0.2) is 9.59 Å². The van der Waals surface area contributed by atoms with Crippen LogP contribution in [0.3, 0.4) is 0 Å². The van der Waals surface area contributed by atoms with E-state index >= 15 is 0 Å². The van der Waals surface area contributed by atoms with Crippen LogP contribution in [-0.4, -0.2) is 30.8 Å². The van der Waals surface area contributed by atoms with E-state index in [0.29, 0.717) is 6.42 Å². The smallest absolute Gasteiger partial charge is 0.408 e. The number of carbonyl (C=O) groups is 2. The number of hydrogen-bond donors (Lipinski definition) is 1. The Kier molecular flexibility index (Phi) is 8.81. The number of amides is 1. The second-order valence-electron chi connectivity index (χ2n) is 5.35. The molecule has 0 rings (SSSR count). The number of halogens is 1. The highest BCUT2D eigenvalue weighted by atomic mass is 35.5. The molecule has 18 heavy (non-hydrogen) atoms. The van der Waals surface area contributed by atoms with Gasteiger partial charge in [0.25, 0.3) is 0 Å². The lowest BCUT2D eigenvalue weighted by molar-refractivity contribution is -0.143. The maximum atomic E-state index is 11.5. The molecule has 0 radical (unpaired) electrons. The monoisotopic (exact) mass is 281 g/mol. The number of alkyl carbamates (subject to hydrolysis) is 1. The summed E-state index contributed by atoms with van der Waals surface area (Å²) in [6, 6.07) is -0.658. The van der Waals surface area contributed by atoms with Crippen LogP contribution in [-0.2, 0) is 14.3 Å². The lowest BCUT2D eigenvalue weighted by atomic mass is 10.0. The Balaban J connectivity index is 0. The molecule has 1 atom stereocenters. The first-order chi connectivity index (χ1) is 7.65. The predicted molar refractivity (Wildman–Crippen MR) is 71.9 cm³/mol. The van der Waals surface area contributed by atoms with E-state index in [1.54, 1.807) is 20.8 Å². The van der Waals surface area contributed by atoms with Crippen LogP contribution in [0.15, 0.2) is 0 Å². The average molecular weight is 282 g/mol. The summed E-state index contributed by atoms with van der Waals surface area (Å²) in [7, 11) is 1.30. The Hall–Kier alpha value is -0.970. The van der Waals surface area contributed by atoms with Crippen LogP contribution in [0.2, 0.25) is 0 Å². The zero-order valence-electron chi connectivity index (χ0n) is 11.9. The number of esters is 1. The highest BCUT2D eigenvalue weighted by Gasteiger charge is 2.25. The Bertz CT molecular complexity index is 274. The van der Waals surface area contributed by atoms with Gasteiger partial charge in [-0.15, -0.1) is 12.4 Å². The highest BCUT2D eigenvalue weighted by Crippen LogP contribution is 2.10. The minimum Gasteiger partial charge on any atom is -0.467 e. The molecule has 0 fully saturated rings. The third-order valence-electron chi connectivity index (χ3n) is 1.88. The van der Waals surface area contributed by atoms with E-state index in [1.165, 1.54) is 7.11 Å². The van der Waals surface area contributed by atoms with Crippen LogP contribution in [0.4, 0.5) is 4.79 Å². The van der Waals surface area contributed by atoms with Crippen molar-refractivity contribution < 1.29 is 19.1 Å². The lowest BCUT2D eigenvalue weighted by Gasteiger charge is -2.23. The van der Waals surface area contributed by atoms with Crippen molar-refractivity contribution in [3.8, 4) is 0 Å². The van der Waals surface area contributed by atoms with E-state index in [9.17, 15) is 9.59 Å². The number of rotatable bonds is 4. The fourth-order valence-corrected chi connectivity index (χ4v) is 1.28. The zero-order valence-corrected chi connectivity index (χ0v) is 12.7. The van der Waals surface area contributed by atoms with Gasteiger partial charge in [-0.3, -0.25) is 0 Å². The molecule has 0 aromatic heterocycles. The van der Waals surface area contributed by atoms with Crippen molar-refractivity contribution in [2.24, 2.45) is 5.92 Å². The molecule has 0 aromatic carbocycles. The summed E-state index contributed by atoms with van der Waals surface area (Å²) in [4.78, 5) is 23.0. The average Bonchev–Trinajstić information content (AvgIpc) is 2.11. The molecule has 1 amide bonds. The third-order valence-corrected chi connectivity index (χ3v) is 1.88. The summed E-state index contributed by atoms with van der Waals surface area (Å²) in [6.07, 6.45) is -0.0834. The Morgan fingerprint density at radius 2 is 1.72 bits per heavy atom. The minimum absolute atomic E-state index is 0. The first-order valence-electron chi connectivity index (χ1n) is 5.73. The van der Waals surface area contributed by atoms with Crippen molar-refractivity contribution in [1.82, 2.24) is 5.32 Å². The molecule has 6 heteroatoms. The first kappa shape index (κ1) is 19.4. The molecule has 0 saturated heterocycles. The lowest BCUT2D eigenvalue weighted by Crippen LogP contribution is -2.44. The van der Waals surface area contributed by atoms with Crippen LogP contribution in [0.25, 0.3) is 0 Å². The van der Waals surface area contributed by atoms with Crippen LogP contribution < -0.4 is 5.32 Å². The normalized spacial score (nSPS) is 12.4. The summed E-state index contributed by atoms with van der Waals surface area (Å²) in [5.41, 5.74) is -0.581. The van der Waals surface area contributed by atoms with Gasteiger partial charge in [-0.2, -0.15) is 0 Å². The number of methoxy groups -OCH3 is 1. The summed E-state index contributed by atoms with van der Waals surface area (Å²) in [5.74, 6) is -0.182. The van der Waals surface area contributed by atoms with Gasteiger partial charge in [0, 0.05) is 0 Å². The molecule has 0 aliphatic heterocycles. The molecular formula is C12H24ClNO4. The molecular weight excluding hydrogens is 258 g/mol. The second kappa shape index (κ2) is 8.19. The Labute approximate surface area is 115 Å². The zero-order chi connectivity index (χ0) is 13.6. The largest absolute Gasteiger partial charge is 0.467 e. The number of carbonyl (C=O) groups excluding carboxylic acids is 2. The van der Waals surface area contributed by atoms with E-state index < -0.39 is 23.7 Å². The summed E-state index contributed by atoms with van der Waals surface area (Å²) >= 11 is 0. The number of nitrogens with one attached hydrogen (secondary N) is 1. The molecule has 108 valence electrons. The number of ether oxygens (including phenoxy) is 2. The van der Waals surface area contributed by atoms with Crippen LogP contribution in [0.5, 0.6) is 0 Å². The van der Waals surface area contributed by atoms with Gasteiger partial charge >= 0.3 is 12.1 Å². The molecule has 0 aliphatic rings. The third kappa shape index (κ3) is 9.10. The quantitative estimate of drug-likeness (QED) is 0.804. The van der Waals surface area contributed by atoms with E-state index in [2.05, 4.69) is 10.1 Å². The van der Waals surface area contributed by atoms with Gasteiger partial charge in [-0.05, 0) is 33.1 Å². The molecule has 0 bridgehead atoms. The second-order valence-corrected chi connectivity index (χ2v) is 5.35. The van der Waals surface area contributed by atoms with E-state index in [4.69, 9.17) is 4.74 Å². The first-order valence-corrected chi connectivity index (χ1v) is 5.73. The maximum Gasteiger partial charge on any atom is 0.408 e. The highest BCUT2D eigenvalue weighted by molar-refractivity contribution is 5.85. The summed E-state index contributed by atoms with van der Waals surface area (Å²) in [5, 5.41) is 2.52. The minimum atomic E-state index is -0.658. The van der Waals surface area contributed by atoms with Gasteiger partial charge in [0.05, 0.1) is 7.11 Å². The molecule has 0 aliphatic carbocycles. The van der Waals surface area contributed by atoms with Crippen LogP contribution in [0, 0.1) is 5.92 Å². The molecule has 0 unspecified atom stereocenters. The Morgan fingerprint density at radius 3 is 2.06 bits per heavy atom. The number of hydrogen-bond acceptors (Lipinski definition) is 4. The van der Waals surface area contributed by atoms with Gasteiger partial charge in [0.1, 0.15) is 11.6 Å². The molecule has 5 nitrogen and oxygen atoms in total. The molecule has 0 aromatic rings. The maximum absolute atomic E-state index is 11.5. The van der Waals surface area contributed by atoms with Gasteiger partial charge in [-0.1, -0.05) is 13.8 Å². The topological polar surface area (TPSA) is 64.6 Å². The van der Waals surface area contributed by atoms with Crippen molar-refractivity contribution in [2.45, 2.75) is 52.7 Å². The molecule has 0 saturated carbocycles. The summed E-state index contributed by atoms with van der Waals surface area (Å²) in [6.45, 7) is 9.23. The van der Waals surface area contributed by atoms with Gasteiger partial charge in [0.2, 0.25) is 0 Å². The van der Waals surface area contributed by atoms with E-state index in [-0.39, 0.29) is 18.3 Å². The standard InChI is InChI=1S/C12H23NO4.ClH/c1-8(2)7-9(10(14)16-6)13-11(15)17-12(3,4)5;/h8-9H,7H2,1-6H3,(H,13,15);1H/t9-;/m0./s1. The van der Waals surface area contributed by atoms with Crippen molar-refractivity contribution in [1.29, 1.82) is 0 Å². The summed E-state index contributed by atoms with van der Waals surface area (Å²) < 4.78 is 9.72. The molecule has 1 N–H and O–H groups in total. The van der Waals surface area contributed by atoms with Crippen molar-refractivity contribution in [3.05, 3.63) is 0 Å². The van der Waals surface area contributed by atoms with E-state index in [0.717, 1.165) is 0 Å². The fraction of sp³-hybridized carbons (Fsp3) is 0.833. The Morgan fingerprint density at radius 1 is 1.22 bits per heavy atom. The SMILES string of the molecule is COC(=O)[C@H](CC(C)C)NC(=O)OC(C)(C)C.Cl. The fourth-order valence-electron chi connectivity index (χ4n) is 1.28. The predicted octanol–water partition coefficient (Wildman–Crippen LogP) is 2.52. The van der Waals surface area contributed by atoms with Gasteiger partial charge < -0.3 is 14.8 Å². The van der Waals surface area contributed by atoms with Crippen LogP contribution >= 0.6 is 12.4 Å². The van der Waals surface area contributed by atoms with Crippen molar-refractivity contribution in [3.63, 3.8) is 0 Å². The van der Waals surface area contributed by atoms with Crippen molar-refractivity contribution in [2.75, 3.05) is 7.11 Å². The molecule has 0 heterocycles. The van der Waals surface area contributed by atoms with E-state index in [1.807, 2.05) is 13.8 Å².